The Morgan fingerprint density at radius 2 is 1.60 bits per heavy atom. The van der Waals surface area contributed by atoms with Gasteiger partial charge in [0.15, 0.2) is 0 Å². The number of pyridine rings is 1. The minimum absolute atomic E-state index is 0.0161. The molecule has 2 aliphatic rings. The molecule has 2 fully saturated rings. The summed E-state index contributed by atoms with van der Waals surface area (Å²) in [5.41, 5.74) is 0.727. The summed E-state index contributed by atoms with van der Waals surface area (Å²) < 4.78 is 75.4. The summed E-state index contributed by atoms with van der Waals surface area (Å²) in [6.45, 7) is 6.27. The summed E-state index contributed by atoms with van der Waals surface area (Å²) in [7, 11) is 0. The normalized spacial score (nSPS) is 20.1. The number of carboxylic acid groups (broad SMARTS) is 2. The minimum Gasteiger partial charge on any atom is -0.475 e. The highest BCUT2D eigenvalue weighted by Crippen LogP contribution is 2.32. The van der Waals surface area contributed by atoms with Crippen molar-refractivity contribution in [2.75, 3.05) is 44.4 Å². The van der Waals surface area contributed by atoms with E-state index in [4.69, 9.17) is 29.3 Å². The predicted octanol–water partition coefficient (Wildman–Crippen LogP) is 3.35. The summed E-state index contributed by atoms with van der Waals surface area (Å²) in [4.78, 5) is 39.7. The van der Waals surface area contributed by atoms with Gasteiger partial charge in [0.2, 0.25) is 0 Å². The standard InChI is InChI=1S/C19H23N3O3S.2C2HF3O2/c1-15-2-3-18(26-15)22-13-19(25-11-17(22)23)12-21(8-9-24-14-19)10-16-4-6-20-7-5-16;2*3-2(4,5)1(6)7/h2-7H,8-14H2,1H3;2*(H,6,7). The van der Waals surface area contributed by atoms with E-state index in [1.165, 1.54) is 10.4 Å². The van der Waals surface area contributed by atoms with E-state index in [-0.39, 0.29) is 12.5 Å². The van der Waals surface area contributed by atoms with E-state index in [0.717, 1.165) is 24.6 Å². The highest BCUT2D eigenvalue weighted by molar-refractivity contribution is 7.16. The SMILES string of the molecule is Cc1ccc(N2CC3(COCCN(Cc4ccncc4)C3)OCC2=O)s1.O=C(O)C(F)(F)F.O=C(O)C(F)(F)F. The van der Waals surface area contributed by atoms with Gasteiger partial charge in [-0.3, -0.25) is 19.6 Å². The van der Waals surface area contributed by atoms with Gasteiger partial charge in [0.05, 0.1) is 24.8 Å². The van der Waals surface area contributed by atoms with Crippen LogP contribution in [0.1, 0.15) is 10.4 Å². The Balaban J connectivity index is 0.000000333. The largest absolute Gasteiger partial charge is 0.490 e. The maximum Gasteiger partial charge on any atom is 0.490 e. The van der Waals surface area contributed by atoms with Crippen molar-refractivity contribution < 1.29 is 60.4 Å². The summed E-state index contributed by atoms with van der Waals surface area (Å²) >= 11 is 1.64. The lowest BCUT2D eigenvalue weighted by Gasteiger charge is -2.42. The highest BCUT2D eigenvalue weighted by Gasteiger charge is 2.43. The van der Waals surface area contributed by atoms with Crippen molar-refractivity contribution in [3.8, 4) is 0 Å². The maximum atomic E-state index is 12.4. The van der Waals surface area contributed by atoms with E-state index < -0.39 is 29.9 Å². The Hall–Kier alpha value is -3.28. The molecule has 2 saturated heterocycles. The molecule has 4 heterocycles. The van der Waals surface area contributed by atoms with Crippen molar-refractivity contribution in [2.45, 2.75) is 31.4 Å². The lowest BCUT2D eigenvalue weighted by atomic mass is 10.0. The Kier molecular flexibility index (Phi) is 11.4. The van der Waals surface area contributed by atoms with Crippen LogP contribution in [0, 0.1) is 6.92 Å². The van der Waals surface area contributed by atoms with Crippen molar-refractivity contribution in [1.29, 1.82) is 0 Å². The number of rotatable bonds is 3. The zero-order valence-corrected chi connectivity index (χ0v) is 21.7. The zero-order chi connectivity index (χ0) is 30.1. The number of ether oxygens (including phenoxy) is 2. The van der Waals surface area contributed by atoms with Crippen molar-refractivity contribution >= 4 is 34.2 Å². The monoisotopic (exact) mass is 601 g/mol. The van der Waals surface area contributed by atoms with E-state index in [2.05, 4.69) is 22.9 Å². The van der Waals surface area contributed by atoms with Gasteiger partial charge in [-0.1, -0.05) is 0 Å². The van der Waals surface area contributed by atoms with Crippen molar-refractivity contribution in [3.63, 3.8) is 0 Å². The molecular weight excluding hydrogens is 576 g/mol. The molecule has 222 valence electrons. The van der Waals surface area contributed by atoms with Gasteiger partial charge < -0.3 is 19.7 Å². The Bertz CT molecular complexity index is 1120. The molecule has 2 N–H and O–H groups in total. The lowest BCUT2D eigenvalue weighted by Crippen LogP contribution is -2.60. The molecule has 17 heteroatoms. The topological polar surface area (TPSA) is 130 Å². The number of alkyl halides is 6. The average Bonchev–Trinajstić information content (AvgIpc) is 3.20. The number of hydrogen-bond donors (Lipinski definition) is 2. The fourth-order valence-electron chi connectivity index (χ4n) is 3.53. The number of hydrogen-bond acceptors (Lipinski definition) is 8. The van der Waals surface area contributed by atoms with Crippen LogP contribution in [0.4, 0.5) is 31.3 Å². The van der Waals surface area contributed by atoms with Gasteiger partial charge in [0.25, 0.3) is 5.91 Å². The van der Waals surface area contributed by atoms with Crippen molar-refractivity contribution in [1.82, 2.24) is 9.88 Å². The lowest BCUT2D eigenvalue weighted by molar-refractivity contribution is -0.193. The van der Waals surface area contributed by atoms with E-state index >= 15 is 0 Å². The minimum atomic E-state index is -5.08. The van der Waals surface area contributed by atoms with Crippen LogP contribution in [0.5, 0.6) is 0 Å². The summed E-state index contributed by atoms with van der Waals surface area (Å²) in [5, 5.41) is 15.2. The van der Waals surface area contributed by atoms with Crippen LogP contribution < -0.4 is 4.90 Å². The third-order valence-electron chi connectivity index (χ3n) is 5.31. The molecule has 0 bridgehead atoms. The van der Waals surface area contributed by atoms with E-state index in [1.54, 1.807) is 11.3 Å². The Morgan fingerprint density at radius 3 is 2.10 bits per heavy atom. The number of nitrogens with zero attached hydrogens (tertiary/aromatic N) is 3. The van der Waals surface area contributed by atoms with Crippen LogP contribution in [0.2, 0.25) is 0 Å². The van der Waals surface area contributed by atoms with Crippen LogP contribution in [-0.2, 0) is 30.4 Å². The summed E-state index contributed by atoms with van der Waals surface area (Å²) in [6, 6.07) is 8.13. The first-order chi connectivity index (χ1) is 18.5. The Morgan fingerprint density at radius 1 is 1.02 bits per heavy atom. The maximum absolute atomic E-state index is 12.4. The van der Waals surface area contributed by atoms with E-state index in [1.807, 2.05) is 35.5 Å². The smallest absolute Gasteiger partial charge is 0.475 e. The first kappa shape index (κ1) is 32.9. The average molecular weight is 602 g/mol. The number of anilines is 1. The molecule has 0 saturated carbocycles. The van der Waals surface area contributed by atoms with Crippen LogP contribution >= 0.6 is 11.3 Å². The molecule has 4 rings (SSSR count). The molecule has 1 atom stereocenters. The van der Waals surface area contributed by atoms with Gasteiger partial charge in [-0.25, -0.2) is 9.59 Å². The van der Waals surface area contributed by atoms with E-state index in [9.17, 15) is 31.1 Å². The van der Waals surface area contributed by atoms with Gasteiger partial charge in [-0.2, -0.15) is 26.3 Å². The third kappa shape index (κ3) is 10.4. The number of thiophene rings is 1. The van der Waals surface area contributed by atoms with Crippen LogP contribution in [0.15, 0.2) is 36.7 Å². The number of carboxylic acids is 2. The first-order valence-corrected chi connectivity index (χ1v) is 12.1. The molecule has 1 amide bonds. The third-order valence-corrected chi connectivity index (χ3v) is 6.33. The second-order valence-electron chi connectivity index (χ2n) is 8.56. The number of aryl methyl sites for hydroxylation is 1. The van der Waals surface area contributed by atoms with Gasteiger partial charge in [0, 0.05) is 36.9 Å². The van der Waals surface area contributed by atoms with Crippen LogP contribution in [-0.4, -0.2) is 95.4 Å². The molecule has 2 aliphatic heterocycles. The molecule has 0 aliphatic carbocycles. The molecule has 2 aromatic rings. The molecule has 10 nitrogen and oxygen atoms in total. The number of carbonyl (C=O) groups is 3. The number of carbonyl (C=O) groups excluding carboxylic acids is 1. The van der Waals surface area contributed by atoms with Crippen molar-refractivity contribution in [2.24, 2.45) is 0 Å². The van der Waals surface area contributed by atoms with Crippen LogP contribution in [0.3, 0.4) is 0 Å². The number of aliphatic carboxylic acids is 2. The quantitative estimate of drug-likeness (QED) is 0.509. The molecule has 1 spiro atoms. The highest BCUT2D eigenvalue weighted by atomic mass is 32.1. The molecule has 40 heavy (non-hydrogen) atoms. The zero-order valence-electron chi connectivity index (χ0n) is 20.9. The number of morpholine rings is 1. The second-order valence-corrected chi connectivity index (χ2v) is 9.83. The molecule has 1 unspecified atom stereocenters. The molecule has 2 aromatic heterocycles. The number of amides is 1. The molecule has 0 radical (unpaired) electrons. The predicted molar refractivity (Wildman–Crippen MR) is 128 cm³/mol. The van der Waals surface area contributed by atoms with Gasteiger partial charge >= 0.3 is 24.3 Å². The first-order valence-electron chi connectivity index (χ1n) is 11.3. The second kappa shape index (κ2) is 13.9. The molecule has 0 aromatic carbocycles. The number of halogens is 6. The summed E-state index contributed by atoms with van der Waals surface area (Å²) in [5.74, 6) is -5.50. The fraction of sp³-hybridized carbons (Fsp3) is 0.478. The Labute approximate surface area is 227 Å². The van der Waals surface area contributed by atoms with Crippen LogP contribution in [0.25, 0.3) is 0 Å². The summed E-state index contributed by atoms with van der Waals surface area (Å²) in [6.07, 6.45) is -6.54. The van der Waals surface area contributed by atoms with Gasteiger partial charge in [-0.15, -0.1) is 11.3 Å². The van der Waals surface area contributed by atoms with Gasteiger partial charge in [0.1, 0.15) is 12.2 Å². The van der Waals surface area contributed by atoms with E-state index in [0.29, 0.717) is 19.8 Å². The molecular formula is C23H25F6N3O7S. The fourth-order valence-corrected chi connectivity index (χ4v) is 4.41. The number of aromatic nitrogens is 1. The van der Waals surface area contributed by atoms with Crippen molar-refractivity contribution in [3.05, 3.63) is 47.1 Å². The van der Waals surface area contributed by atoms with Gasteiger partial charge in [-0.05, 0) is 36.8 Å².